The molecule has 3 aromatic rings. The molecule has 162 valence electrons. The molecule has 1 amide bonds. The Hall–Kier alpha value is -3.55. The molecule has 0 spiro atoms. The van der Waals surface area contributed by atoms with Gasteiger partial charge >= 0.3 is 0 Å². The van der Waals surface area contributed by atoms with Crippen LogP contribution >= 0.6 is 0 Å². The van der Waals surface area contributed by atoms with Crippen molar-refractivity contribution < 1.29 is 18.8 Å². The normalized spacial score (nSPS) is 13.9. The molecule has 0 atom stereocenters. The number of ether oxygens (including phenoxy) is 2. The summed E-state index contributed by atoms with van der Waals surface area (Å²) in [5, 5.41) is 3.95. The zero-order valence-electron chi connectivity index (χ0n) is 18.0. The molecule has 1 aliphatic heterocycles. The number of carbonyl (C=O) groups excluding carboxylic acids is 1. The lowest BCUT2D eigenvalue weighted by molar-refractivity contribution is -0.130. The van der Waals surface area contributed by atoms with Gasteiger partial charge in [0.05, 0.1) is 20.6 Å². The number of piperazine rings is 1. The number of amides is 1. The molecule has 0 N–H and O–H groups in total. The minimum Gasteiger partial charge on any atom is -0.493 e. The van der Waals surface area contributed by atoms with Crippen LogP contribution in [0.3, 0.4) is 0 Å². The second-order valence-corrected chi connectivity index (χ2v) is 7.42. The molecule has 0 radical (unpaired) electrons. The largest absolute Gasteiger partial charge is 0.493 e. The first kappa shape index (κ1) is 20.7. The van der Waals surface area contributed by atoms with E-state index in [4.69, 9.17) is 14.0 Å². The summed E-state index contributed by atoms with van der Waals surface area (Å²) in [7, 11) is 3.19. The molecule has 31 heavy (non-hydrogen) atoms. The fourth-order valence-corrected chi connectivity index (χ4v) is 3.73. The molecule has 4 rings (SSSR count). The summed E-state index contributed by atoms with van der Waals surface area (Å²) in [6, 6.07) is 13.7. The molecule has 8 heteroatoms. The van der Waals surface area contributed by atoms with Crippen LogP contribution in [0.1, 0.15) is 11.5 Å². The maximum atomic E-state index is 12.8. The van der Waals surface area contributed by atoms with E-state index in [1.807, 2.05) is 35.2 Å². The van der Waals surface area contributed by atoms with Crippen molar-refractivity contribution in [3.63, 3.8) is 0 Å². The van der Waals surface area contributed by atoms with Crippen molar-refractivity contribution in [2.45, 2.75) is 13.3 Å². The van der Waals surface area contributed by atoms with Crippen molar-refractivity contribution in [1.29, 1.82) is 0 Å². The van der Waals surface area contributed by atoms with E-state index in [1.165, 1.54) is 0 Å². The lowest BCUT2D eigenvalue weighted by Crippen LogP contribution is -2.49. The third kappa shape index (κ3) is 4.63. The zero-order chi connectivity index (χ0) is 21.8. The van der Waals surface area contributed by atoms with E-state index in [2.05, 4.69) is 27.2 Å². The van der Waals surface area contributed by atoms with Crippen LogP contribution in [0.25, 0.3) is 11.4 Å². The molecule has 1 saturated heterocycles. The average Bonchev–Trinajstić information content (AvgIpc) is 3.25. The standard InChI is InChI=1S/C23H26N4O4/c1-16-24-23(25-31-16)18-5-7-19(8-6-18)26-10-12-27(13-11-26)22(28)15-17-4-9-20(29-2)21(14-17)30-3/h4-9,14H,10-13,15H2,1-3H3. The quantitative estimate of drug-likeness (QED) is 0.604. The predicted octanol–water partition coefficient (Wildman–Crippen LogP) is 2.95. The second kappa shape index (κ2) is 9.07. The molecular weight excluding hydrogens is 396 g/mol. The van der Waals surface area contributed by atoms with E-state index < -0.39 is 0 Å². The number of hydrogen-bond donors (Lipinski definition) is 0. The van der Waals surface area contributed by atoms with E-state index >= 15 is 0 Å². The van der Waals surface area contributed by atoms with Crippen molar-refractivity contribution >= 4 is 11.6 Å². The summed E-state index contributed by atoms with van der Waals surface area (Å²) >= 11 is 0. The van der Waals surface area contributed by atoms with E-state index in [-0.39, 0.29) is 5.91 Å². The molecule has 0 bridgehead atoms. The number of rotatable bonds is 6. The summed E-state index contributed by atoms with van der Waals surface area (Å²) in [4.78, 5) is 21.2. The SMILES string of the molecule is COc1ccc(CC(=O)N2CCN(c3ccc(-c4noc(C)n4)cc3)CC2)cc1OC. The van der Waals surface area contributed by atoms with E-state index in [9.17, 15) is 4.79 Å². The van der Waals surface area contributed by atoms with Crippen molar-refractivity contribution in [3.8, 4) is 22.9 Å². The minimum atomic E-state index is 0.120. The summed E-state index contributed by atoms with van der Waals surface area (Å²) in [6.45, 7) is 4.74. The molecular formula is C23H26N4O4. The number of carbonyl (C=O) groups is 1. The number of aromatic nitrogens is 2. The van der Waals surface area contributed by atoms with Crippen LogP contribution in [0.2, 0.25) is 0 Å². The average molecular weight is 422 g/mol. The lowest BCUT2D eigenvalue weighted by atomic mass is 10.1. The highest BCUT2D eigenvalue weighted by molar-refractivity contribution is 5.79. The molecule has 1 aromatic heterocycles. The number of methoxy groups -OCH3 is 2. The Morgan fingerprint density at radius 3 is 2.32 bits per heavy atom. The van der Waals surface area contributed by atoms with Crippen molar-refractivity contribution in [2.75, 3.05) is 45.3 Å². The Balaban J connectivity index is 1.33. The molecule has 1 fully saturated rings. The van der Waals surface area contributed by atoms with Crippen LogP contribution in [0, 0.1) is 6.92 Å². The number of benzene rings is 2. The fraction of sp³-hybridized carbons (Fsp3) is 0.348. The zero-order valence-corrected chi connectivity index (χ0v) is 18.0. The third-order valence-corrected chi connectivity index (χ3v) is 5.45. The van der Waals surface area contributed by atoms with Gasteiger partial charge in [0.25, 0.3) is 0 Å². The van der Waals surface area contributed by atoms with Gasteiger partial charge in [-0.2, -0.15) is 4.98 Å². The Bertz CT molecular complexity index is 1040. The Labute approximate surface area is 181 Å². The maximum Gasteiger partial charge on any atom is 0.227 e. The van der Waals surface area contributed by atoms with E-state index in [0.29, 0.717) is 42.7 Å². The van der Waals surface area contributed by atoms with Gasteiger partial charge in [-0.3, -0.25) is 4.79 Å². The van der Waals surface area contributed by atoms with Crippen molar-refractivity contribution in [1.82, 2.24) is 15.0 Å². The smallest absolute Gasteiger partial charge is 0.227 e. The van der Waals surface area contributed by atoms with Crippen molar-refractivity contribution in [3.05, 3.63) is 53.9 Å². The topological polar surface area (TPSA) is 80.9 Å². The molecule has 2 heterocycles. The van der Waals surface area contributed by atoms with Gasteiger partial charge in [-0.05, 0) is 42.0 Å². The summed E-state index contributed by atoms with van der Waals surface area (Å²) in [6.07, 6.45) is 0.346. The first-order valence-corrected chi connectivity index (χ1v) is 10.2. The van der Waals surface area contributed by atoms with Gasteiger partial charge in [-0.25, -0.2) is 0 Å². The van der Waals surface area contributed by atoms with Gasteiger partial charge in [0, 0.05) is 44.4 Å². The predicted molar refractivity (Wildman–Crippen MR) is 117 cm³/mol. The number of anilines is 1. The highest BCUT2D eigenvalue weighted by Crippen LogP contribution is 2.28. The second-order valence-electron chi connectivity index (χ2n) is 7.42. The number of aryl methyl sites for hydroxylation is 1. The monoisotopic (exact) mass is 422 g/mol. The Morgan fingerprint density at radius 2 is 1.71 bits per heavy atom. The van der Waals surface area contributed by atoms with Crippen LogP contribution in [0.5, 0.6) is 11.5 Å². The maximum absolute atomic E-state index is 12.8. The van der Waals surface area contributed by atoms with Crippen LogP contribution in [-0.2, 0) is 11.2 Å². The van der Waals surface area contributed by atoms with Gasteiger partial charge in [-0.1, -0.05) is 11.2 Å². The molecule has 0 aliphatic carbocycles. The minimum absolute atomic E-state index is 0.120. The first-order valence-electron chi connectivity index (χ1n) is 10.2. The summed E-state index contributed by atoms with van der Waals surface area (Å²) < 4.78 is 15.6. The highest BCUT2D eigenvalue weighted by atomic mass is 16.5. The van der Waals surface area contributed by atoms with Crippen LogP contribution in [0.4, 0.5) is 5.69 Å². The van der Waals surface area contributed by atoms with Gasteiger partial charge in [0.15, 0.2) is 11.5 Å². The highest BCUT2D eigenvalue weighted by Gasteiger charge is 2.22. The first-order chi connectivity index (χ1) is 15.1. The van der Waals surface area contributed by atoms with Gasteiger partial charge in [-0.15, -0.1) is 0 Å². The molecule has 2 aromatic carbocycles. The fourth-order valence-electron chi connectivity index (χ4n) is 3.73. The summed E-state index contributed by atoms with van der Waals surface area (Å²) in [5.74, 6) is 2.56. The van der Waals surface area contributed by atoms with E-state index in [0.717, 1.165) is 29.9 Å². The number of nitrogens with zero attached hydrogens (tertiary/aromatic N) is 4. The van der Waals surface area contributed by atoms with Crippen molar-refractivity contribution in [2.24, 2.45) is 0 Å². The molecule has 0 saturated carbocycles. The molecule has 8 nitrogen and oxygen atoms in total. The lowest BCUT2D eigenvalue weighted by Gasteiger charge is -2.36. The van der Waals surface area contributed by atoms with Gasteiger partial charge in [0.1, 0.15) is 0 Å². The van der Waals surface area contributed by atoms with Crippen LogP contribution in [-0.4, -0.2) is 61.3 Å². The van der Waals surface area contributed by atoms with Crippen LogP contribution in [0.15, 0.2) is 47.0 Å². The molecule has 1 aliphatic rings. The Kier molecular flexibility index (Phi) is 6.06. The van der Waals surface area contributed by atoms with Gasteiger partial charge in [0.2, 0.25) is 17.6 Å². The van der Waals surface area contributed by atoms with Gasteiger partial charge < -0.3 is 23.8 Å². The Morgan fingerprint density at radius 1 is 1.00 bits per heavy atom. The molecule has 0 unspecified atom stereocenters. The van der Waals surface area contributed by atoms with E-state index in [1.54, 1.807) is 21.1 Å². The third-order valence-electron chi connectivity index (χ3n) is 5.45. The summed E-state index contributed by atoms with van der Waals surface area (Å²) in [5.41, 5.74) is 2.96. The van der Waals surface area contributed by atoms with Crippen LogP contribution < -0.4 is 14.4 Å². The number of hydrogen-bond acceptors (Lipinski definition) is 7.